The highest BCUT2D eigenvalue weighted by Gasteiger charge is 2.30. The summed E-state index contributed by atoms with van der Waals surface area (Å²) in [6.07, 6.45) is 5.46. The van der Waals surface area contributed by atoms with Crippen molar-refractivity contribution in [3.8, 4) is 0 Å². The van der Waals surface area contributed by atoms with Crippen molar-refractivity contribution in [3.05, 3.63) is 30.1 Å². The van der Waals surface area contributed by atoms with E-state index in [0.29, 0.717) is 13.2 Å². The molecule has 2 atom stereocenters. The molecular formula is C11H16N2O3S. The molecule has 17 heavy (non-hydrogen) atoms. The average Bonchev–Trinajstić information content (AvgIpc) is 2.65. The fraction of sp³-hybridized carbons (Fsp3) is 0.545. The van der Waals surface area contributed by atoms with Gasteiger partial charge in [0.2, 0.25) is 10.0 Å². The van der Waals surface area contributed by atoms with Crippen LogP contribution >= 0.6 is 0 Å². The van der Waals surface area contributed by atoms with Crippen LogP contribution in [0.25, 0.3) is 0 Å². The monoisotopic (exact) mass is 256 g/mol. The zero-order valence-corrected chi connectivity index (χ0v) is 10.5. The van der Waals surface area contributed by atoms with Crippen LogP contribution in [-0.4, -0.2) is 38.9 Å². The molecule has 0 bridgehead atoms. The molecule has 1 saturated heterocycles. The molecule has 0 unspecified atom stereocenters. The largest absolute Gasteiger partial charge is 0.379 e. The summed E-state index contributed by atoms with van der Waals surface area (Å²) in [6, 6.07) is 3.75. The number of ether oxygens (including phenoxy) is 1. The molecule has 0 radical (unpaired) electrons. The van der Waals surface area contributed by atoms with Crippen LogP contribution in [0.3, 0.4) is 0 Å². The van der Waals surface area contributed by atoms with E-state index < -0.39 is 10.0 Å². The molecule has 6 heteroatoms. The van der Waals surface area contributed by atoms with Gasteiger partial charge in [0.1, 0.15) is 0 Å². The Morgan fingerprint density at radius 1 is 1.41 bits per heavy atom. The van der Waals surface area contributed by atoms with E-state index in [1.807, 2.05) is 12.1 Å². The van der Waals surface area contributed by atoms with Crippen molar-refractivity contribution in [3.63, 3.8) is 0 Å². The lowest BCUT2D eigenvalue weighted by molar-refractivity contribution is 0.183. The third-order valence-electron chi connectivity index (χ3n) is 2.81. The maximum Gasteiger partial charge on any atom is 0.209 e. The molecule has 1 aliphatic heterocycles. The van der Waals surface area contributed by atoms with E-state index in [4.69, 9.17) is 4.74 Å². The number of nitrogens with one attached hydrogen (secondary N) is 1. The molecule has 2 heterocycles. The Bertz CT molecular complexity index is 461. The Hall–Kier alpha value is -0.980. The zero-order chi connectivity index (χ0) is 12.3. The lowest BCUT2D eigenvalue weighted by Gasteiger charge is -2.17. The normalized spacial score (nSPS) is 25.0. The minimum absolute atomic E-state index is 0.127. The average molecular weight is 256 g/mol. The Morgan fingerprint density at radius 2 is 2.12 bits per heavy atom. The van der Waals surface area contributed by atoms with Gasteiger partial charge in [0.15, 0.2) is 0 Å². The molecule has 5 nitrogen and oxygen atoms in total. The van der Waals surface area contributed by atoms with Gasteiger partial charge in [-0.15, -0.1) is 0 Å². The molecule has 2 rings (SSSR count). The smallest absolute Gasteiger partial charge is 0.209 e. The molecular weight excluding hydrogens is 240 g/mol. The predicted molar refractivity (Wildman–Crippen MR) is 64.0 cm³/mol. The number of hydrogen-bond acceptors (Lipinski definition) is 4. The second-order valence-electron chi connectivity index (χ2n) is 4.35. The standard InChI is InChI=1S/C11H16N2O3S/c1-17(14,15)13-11-8-16-7-10(11)6-9-2-4-12-5-3-9/h2-5,10-11,13H,6-8H2,1H3/t10-,11+/m1/s1. The summed E-state index contributed by atoms with van der Waals surface area (Å²) in [5.41, 5.74) is 1.15. The molecule has 94 valence electrons. The van der Waals surface area contributed by atoms with Crippen molar-refractivity contribution in [2.45, 2.75) is 12.5 Å². The van der Waals surface area contributed by atoms with Crippen LogP contribution in [0.2, 0.25) is 0 Å². The third-order valence-corrected chi connectivity index (χ3v) is 3.54. The first kappa shape index (κ1) is 12.5. The summed E-state index contributed by atoms with van der Waals surface area (Å²) in [5.74, 6) is 0.187. The lowest BCUT2D eigenvalue weighted by Crippen LogP contribution is -2.39. The maximum absolute atomic E-state index is 11.2. The summed E-state index contributed by atoms with van der Waals surface area (Å²) >= 11 is 0. The van der Waals surface area contributed by atoms with Gasteiger partial charge in [0.25, 0.3) is 0 Å². The van der Waals surface area contributed by atoms with Gasteiger partial charge in [0.05, 0.1) is 25.5 Å². The van der Waals surface area contributed by atoms with E-state index in [1.165, 1.54) is 6.26 Å². The van der Waals surface area contributed by atoms with Crippen molar-refractivity contribution in [2.24, 2.45) is 5.92 Å². The Kier molecular flexibility index (Phi) is 3.76. The van der Waals surface area contributed by atoms with E-state index in [-0.39, 0.29) is 12.0 Å². The number of aromatic nitrogens is 1. The lowest BCUT2D eigenvalue weighted by atomic mass is 9.96. The van der Waals surface area contributed by atoms with Gasteiger partial charge in [-0.3, -0.25) is 4.98 Å². The van der Waals surface area contributed by atoms with Crippen molar-refractivity contribution in [1.82, 2.24) is 9.71 Å². The first-order valence-corrected chi connectivity index (χ1v) is 7.38. The zero-order valence-electron chi connectivity index (χ0n) is 9.67. The van der Waals surface area contributed by atoms with Gasteiger partial charge in [-0.25, -0.2) is 13.1 Å². The minimum atomic E-state index is -3.18. The van der Waals surface area contributed by atoms with Crippen molar-refractivity contribution in [2.75, 3.05) is 19.5 Å². The second kappa shape index (κ2) is 5.12. The van der Waals surface area contributed by atoms with Gasteiger partial charge >= 0.3 is 0 Å². The van der Waals surface area contributed by atoms with E-state index in [1.54, 1.807) is 12.4 Å². The van der Waals surface area contributed by atoms with Crippen LogP contribution in [0.1, 0.15) is 5.56 Å². The molecule has 0 spiro atoms. The van der Waals surface area contributed by atoms with Gasteiger partial charge in [-0.2, -0.15) is 0 Å². The Balaban J connectivity index is 2.01. The molecule has 1 aromatic rings. The van der Waals surface area contributed by atoms with Crippen LogP contribution < -0.4 is 4.72 Å². The van der Waals surface area contributed by atoms with Crippen molar-refractivity contribution < 1.29 is 13.2 Å². The highest BCUT2D eigenvalue weighted by atomic mass is 32.2. The maximum atomic E-state index is 11.2. The first-order valence-electron chi connectivity index (χ1n) is 5.48. The quantitative estimate of drug-likeness (QED) is 0.835. The van der Waals surface area contributed by atoms with E-state index >= 15 is 0 Å². The summed E-state index contributed by atoms with van der Waals surface area (Å²) in [4.78, 5) is 3.96. The highest BCUT2D eigenvalue weighted by Crippen LogP contribution is 2.19. The molecule has 0 amide bonds. The third kappa shape index (κ3) is 3.76. The van der Waals surface area contributed by atoms with E-state index in [2.05, 4.69) is 9.71 Å². The number of hydrogen-bond donors (Lipinski definition) is 1. The van der Waals surface area contributed by atoms with Gasteiger partial charge < -0.3 is 4.74 Å². The fourth-order valence-electron chi connectivity index (χ4n) is 2.03. The fourth-order valence-corrected chi connectivity index (χ4v) is 2.84. The number of rotatable bonds is 4. The Morgan fingerprint density at radius 3 is 2.76 bits per heavy atom. The number of nitrogens with zero attached hydrogens (tertiary/aromatic N) is 1. The van der Waals surface area contributed by atoms with Gasteiger partial charge in [-0.05, 0) is 24.1 Å². The van der Waals surface area contributed by atoms with Gasteiger partial charge in [0, 0.05) is 18.3 Å². The summed E-state index contributed by atoms with van der Waals surface area (Å²) in [6.45, 7) is 1.04. The molecule has 1 aliphatic rings. The molecule has 1 aromatic heterocycles. The SMILES string of the molecule is CS(=O)(=O)N[C@H]1COC[C@H]1Cc1ccncc1. The van der Waals surface area contributed by atoms with E-state index in [0.717, 1.165) is 12.0 Å². The summed E-state index contributed by atoms with van der Waals surface area (Å²) in [5, 5.41) is 0. The Labute approximate surface area is 101 Å². The molecule has 1 fully saturated rings. The number of pyridine rings is 1. The van der Waals surface area contributed by atoms with Crippen LogP contribution in [0, 0.1) is 5.92 Å². The number of sulfonamides is 1. The van der Waals surface area contributed by atoms with Crippen LogP contribution in [-0.2, 0) is 21.2 Å². The first-order chi connectivity index (χ1) is 8.04. The van der Waals surface area contributed by atoms with E-state index in [9.17, 15) is 8.42 Å². The van der Waals surface area contributed by atoms with Crippen molar-refractivity contribution >= 4 is 10.0 Å². The highest BCUT2D eigenvalue weighted by molar-refractivity contribution is 7.88. The molecule has 0 aromatic carbocycles. The van der Waals surface area contributed by atoms with Crippen LogP contribution in [0.5, 0.6) is 0 Å². The topological polar surface area (TPSA) is 68.3 Å². The summed E-state index contributed by atoms with van der Waals surface area (Å²) in [7, 11) is -3.18. The van der Waals surface area contributed by atoms with Crippen molar-refractivity contribution in [1.29, 1.82) is 0 Å². The summed E-state index contributed by atoms with van der Waals surface area (Å²) < 4.78 is 30.4. The van der Waals surface area contributed by atoms with Crippen LogP contribution in [0.15, 0.2) is 24.5 Å². The molecule has 1 N–H and O–H groups in total. The molecule has 0 aliphatic carbocycles. The van der Waals surface area contributed by atoms with Gasteiger partial charge in [-0.1, -0.05) is 0 Å². The second-order valence-corrected chi connectivity index (χ2v) is 6.13. The predicted octanol–water partition coefficient (Wildman–Crippen LogP) is 0.188. The minimum Gasteiger partial charge on any atom is -0.379 e. The molecule has 0 saturated carbocycles. The van der Waals surface area contributed by atoms with Crippen LogP contribution in [0.4, 0.5) is 0 Å².